The molecule has 1 aromatic carbocycles. The summed E-state index contributed by atoms with van der Waals surface area (Å²) in [5, 5.41) is 0.975. The Balaban J connectivity index is 2.72. The first-order valence-corrected chi connectivity index (χ1v) is 7.42. The summed E-state index contributed by atoms with van der Waals surface area (Å²) in [7, 11) is -1.12. The van der Waals surface area contributed by atoms with Crippen molar-refractivity contribution in [1.29, 1.82) is 0 Å². The van der Waals surface area contributed by atoms with Crippen LogP contribution < -0.4 is 5.73 Å². The summed E-state index contributed by atoms with van der Waals surface area (Å²) in [4.78, 5) is 0. The normalized spacial score (nSPS) is 12.2. The van der Waals surface area contributed by atoms with E-state index in [2.05, 4.69) is 0 Å². The van der Waals surface area contributed by atoms with Gasteiger partial charge in [-0.2, -0.15) is 0 Å². The lowest BCUT2D eigenvalue weighted by molar-refractivity contribution is 0.601. The van der Waals surface area contributed by atoms with Gasteiger partial charge in [-0.3, -0.25) is 0 Å². The van der Waals surface area contributed by atoms with Crippen molar-refractivity contribution in [1.82, 2.24) is 4.57 Å². The van der Waals surface area contributed by atoms with Crippen molar-refractivity contribution in [2.45, 2.75) is 12.3 Å². The molecule has 1 heterocycles. The molecule has 0 aliphatic carbocycles. The van der Waals surface area contributed by atoms with E-state index in [0.29, 0.717) is 6.54 Å². The van der Waals surface area contributed by atoms with E-state index in [1.165, 1.54) is 6.26 Å². The Morgan fingerprint density at radius 2 is 2.00 bits per heavy atom. The smallest absolute Gasteiger partial charge is 0.151 e. The fourth-order valence-electron chi connectivity index (χ4n) is 2.18. The molecule has 17 heavy (non-hydrogen) atoms. The maximum Gasteiger partial charge on any atom is 0.151 e. The topological polar surface area (TPSA) is 65.1 Å². The summed E-state index contributed by atoms with van der Waals surface area (Å²) in [5.74, 6) is 0.0569. The van der Waals surface area contributed by atoms with Gasteiger partial charge < -0.3 is 10.3 Å². The molecule has 0 aliphatic rings. The Labute approximate surface area is 101 Å². The summed E-state index contributed by atoms with van der Waals surface area (Å²) < 4.78 is 24.8. The van der Waals surface area contributed by atoms with Crippen molar-refractivity contribution in [2.75, 3.05) is 6.26 Å². The predicted octanol–water partition coefficient (Wildman–Crippen LogP) is 1.18. The number of sulfone groups is 1. The van der Waals surface area contributed by atoms with E-state index >= 15 is 0 Å². The van der Waals surface area contributed by atoms with Crippen molar-refractivity contribution >= 4 is 20.7 Å². The highest BCUT2D eigenvalue weighted by Crippen LogP contribution is 2.25. The number of hydrogen-bond acceptors (Lipinski definition) is 3. The Bertz CT molecular complexity index is 656. The minimum atomic E-state index is -3.03. The average molecular weight is 252 g/mol. The molecule has 2 aromatic rings. The minimum Gasteiger partial charge on any atom is -0.350 e. The fourth-order valence-corrected chi connectivity index (χ4v) is 2.96. The third kappa shape index (κ3) is 2.35. The van der Waals surface area contributed by atoms with E-state index in [1.807, 2.05) is 36.0 Å². The first-order chi connectivity index (χ1) is 7.92. The maximum absolute atomic E-state index is 11.4. The Morgan fingerprint density at radius 3 is 2.59 bits per heavy atom. The van der Waals surface area contributed by atoms with E-state index in [-0.39, 0.29) is 5.75 Å². The number of rotatable bonds is 3. The van der Waals surface area contributed by atoms with Gasteiger partial charge in [0.2, 0.25) is 0 Å². The highest BCUT2D eigenvalue weighted by molar-refractivity contribution is 7.89. The zero-order valence-electron chi connectivity index (χ0n) is 9.97. The molecule has 0 unspecified atom stereocenters. The van der Waals surface area contributed by atoms with Crippen LogP contribution in [-0.4, -0.2) is 19.2 Å². The van der Waals surface area contributed by atoms with Crippen molar-refractivity contribution < 1.29 is 8.42 Å². The van der Waals surface area contributed by atoms with E-state index < -0.39 is 9.84 Å². The number of nitrogens with zero attached hydrogens (tertiary/aromatic N) is 1. The molecule has 0 amide bonds. The molecule has 0 fully saturated rings. The van der Waals surface area contributed by atoms with Crippen LogP contribution in [0.5, 0.6) is 0 Å². The van der Waals surface area contributed by atoms with Crippen LogP contribution in [0.25, 0.3) is 10.9 Å². The van der Waals surface area contributed by atoms with E-state index in [1.54, 1.807) is 0 Å². The standard InChI is InChI=1S/C12H16N2O2S/c1-14-7-10(8-17(2,15)16)12-9(6-13)4-3-5-11(12)14/h3-5,7H,6,8,13H2,1-2H3. The number of aromatic nitrogens is 1. The highest BCUT2D eigenvalue weighted by atomic mass is 32.2. The van der Waals surface area contributed by atoms with Crippen molar-refractivity contribution in [3.05, 3.63) is 35.5 Å². The molecule has 4 nitrogen and oxygen atoms in total. The molecular formula is C12H16N2O2S. The van der Waals surface area contributed by atoms with E-state index in [4.69, 9.17) is 5.73 Å². The van der Waals surface area contributed by atoms with Crippen LogP contribution in [-0.2, 0) is 29.2 Å². The van der Waals surface area contributed by atoms with Crippen molar-refractivity contribution in [3.8, 4) is 0 Å². The Morgan fingerprint density at radius 1 is 1.29 bits per heavy atom. The number of nitrogens with two attached hydrogens (primary N) is 1. The van der Waals surface area contributed by atoms with Gasteiger partial charge in [-0.1, -0.05) is 12.1 Å². The zero-order valence-corrected chi connectivity index (χ0v) is 10.8. The average Bonchev–Trinajstić information content (AvgIpc) is 2.53. The quantitative estimate of drug-likeness (QED) is 0.892. The molecule has 0 spiro atoms. The van der Waals surface area contributed by atoms with Crippen LogP contribution in [0.3, 0.4) is 0 Å². The second-order valence-electron chi connectivity index (χ2n) is 4.35. The van der Waals surface area contributed by atoms with Gasteiger partial charge in [-0.05, 0) is 17.2 Å². The highest BCUT2D eigenvalue weighted by Gasteiger charge is 2.14. The third-order valence-corrected chi connectivity index (χ3v) is 3.65. The summed E-state index contributed by atoms with van der Waals surface area (Å²) in [6.07, 6.45) is 3.11. The summed E-state index contributed by atoms with van der Waals surface area (Å²) in [5.41, 5.74) is 8.53. The van der Waals surface area contributed by atoms with Crippen LogP contribution in [0, 0.1) is 0 Å². The number of aryl methyl sites for hydroxylation is 1. The van der Waals surface area contributed by atoms with Gasteiger partial charge in [-0.25, -0.2) is 8.42 Å². The maximum atomic E-state index is 11.4. The van der Waals surface area contributed by atoms with Gasteiger partial charge in [-0.15, -0.1) is 0 Å². The lowest BCUT2D eigenvalue weighted by Crippen LogP contribution is -2.02. The molecule has 0 radical (unpaired) electrons. The molecule has 0 saturated heterocycles. The second-order valence-corrected chi connectivity index (χ2v) is 6.49. The van der Waals surface area contributed by atoms with Crippen LogP contribution in [0.2, 0.25) is 0 Å². The van der Waals surface area contributed by atoms with Gasteiger partial charge in [0.1, 0.15) is 0 Å². The summed E-state index contributed by atoms with van der Waals surface area (Å²) in [6, 6.07) is 5.85. The number of benzene rings is 1. The fraction of sp³-hybridized carbons (Fsp3) is 0.333. The third-order valence-electron chi connectivity index (χ3n) is 2.82. The SMILES string of the molecule is Cn1cc(CS(C)(=O)=O)c2c(CN)cccc21. The number of hydrogen-bond donors (Lipinski definition) is 1. The molecule has 1 aromatic heterocycles. The molecule has 2 N–H and O–H groups in total. The lowest BCUT2D eigenvalue weighted by Gasteiger charge is -2.03. The second kappa shape index (κ2) is 4.16. The van der Waals surface area contributed by atoms with Crippen molar-refractivity contribution in [2.24, 2.45) is 12.8 Å². The molecular weight excluding hydrogens is 236 g/mol. The summed E-state index contributed by atoms with van der Waals surface area (Å²) >= 11 is 0. The minimum absolute atomic E-state index is 0.0569. The van der Waals surface area contributed by atoms with Crippen molar-refractivity contribution in [3.63, 3.8) is 0 Å². The molecule has 92 valence electrons. The molecule has 0 aliphatic heterocycles. The van der Waals surface area contributed by atoms with E-state index in [9.17, 15) is 8.42 Å². The van der Waals surface area contributed by atoms with Crippen LogP contribution in [0.15, 0.2) is 24.4 Å². The van der Waals surface area contributed by atoms with Gasteiger partial charge in [0.25, 0.3) is 0 Å². The van der Waals surface area contributed by atoms with Crippen LogP contribution >= 0.6 is 0 Å². The van der Waals surface area contributed by atoms with Gasteiger partial charge in [0.15, 0.2) is 9.84 Å². The van der Waals surface area contributed by atoms with Crippen LogP contribution in [0.4, 0.5) is 0 Å². The Kier molecular flexibility index (Phi) is 2.97. The molecule has 0 saturated carbocycles. The molecule has 2 rings (SSSR count). The van der Waals surface area contributed by atoms with Crippen LogP contribution in [0.1, 0.15) is 11.1 Å². The largest absolute Gasteiger partial charge is 0.350 e. The number of fused-ring (bicyclic) bond motifs is 1. The van der Waals surface area contributed by atoms with Gasteiger partial charge in [0, 0.05) is 36.9 Å². The monoisotopic (exact) mass is 252 g/mol. The van der Waals surface area contributed by atoms with E-state index in [0.717, 1.165) is 22.0 Å². The molecule has 0 bridgehead atoms. The first kappa shape index (κ1) is 12.1. The lowest BCUT2D eigenvalue weighted by atomic mass is 10.1. The zero-order chi connectivity index (χ0) is 12.6. The summed E-state index contributed by atoms with van der Waals surface area (Å²) in [6.45, 7) is 0.415. The van der Waals surface area contributed by atoms with Gasteiger partial charge >= 0.3 is 0 Å². The molecule has 0 atom stereocenters. The predicted molar refractivity (Wildman–Crippen MR) is 69.4 cm³/mol. The molecule has 5 heteroatoms. The van der Waals surface area contributed by atoms with Gasteiger partial charge in [0.05, 0.1) is 5.75 Å². The Hall–Kier alpha value is -1.33. The first-order valence-electron chi connectivity index (χ1n) is 5.36.